The third-order valence-electron chi connectivity index (χ3n) is 2.95. The summed E-state index contributed by atoms with van der Waals surface area (Å²) in [6.07, 6.45) is -0.705. The lowest BCUT2D eigenvalue weighted by Crippen LogP contribution is -2.46. The van der Waals surface area contributed by atoms with Crippen molar-refractivity contribution in [2.24, 2.45) is 5.73 Å². The van der Waals surface area contributed by atoms with Crippen molar-refractivity contribution in [3.05, 3.63) is 35.9 Å². The van der Waals surface area contributed by atoms with Crippen LogP contribution in [0.3, 0.4) is 0 Å². The average Bonchev–Trinajstić information content (AvgIpc) is 2.36. The number of carbonyl (C=O) groups is 1. The molecule has 4 heteroatoms. The Balaban J connectivity index is 2.76. The zero-order chi connectivity index (χ0) is 13.0. The van der Waals surface area contributed by atoms with Crippen LogP contribution in [-0.2, 0) is 4.79 Å². The van der Waals surface area contributed by atoms with E-state index in [0.717, 1.165) is 5.56 Å². The number of benzene rings is 1. The zero-order valence-electron chi connectivity index (χ0n) is 10.5. The maximum absolute atomic E-state index is 11.7. The SMILES string of the molecule is C[C@H](N)C(=O)N(C)[C@H](C)[C@H](O)c1ccccc1. The summed E-state index contributed by atoms with van der Waals surface area (Å²) in [5, 5.41) is 10.2. The van der Waals surface area contributed by atoms with Gasteiger partial charge in [-0.2, -0.15) is 0 Å². The van der Waals surface area contributed by atoms with Crippen molar-refractivity contribution in [2.75, 3.05) is 7.05 Å². The lowest BCUT2D eigenvalue weighted by atomic mass is 10.0. The van der Waals surface area contributed by atoms with E-state index in [4.69, 9.17) is 5.73 Å². The Morgan fingerprint density at radius 2 is 1.82 bits per heavy atom. The van der Waals surface area contributed by atoms with E-state index in [-0.39, 0.29) is 11.9 Å². The van der Waals surface area contributed by atoms with Gasteiger partial charge in [-0.05, 0) is 19.4 Å². The summed E-state index contributed by atoms with van der Waals surface area (Å²) >= 11 is 0. The van der Waals surface area contributed by atoms with E-state index >= 15 is 0 Å². The van der Waals surface area contributed by atoms with E-state index in [1.807, 2.05) is 30.3 Å². The van der Waals surface area contributed by atoms with Crippen LogP contribution in [0.1, 0.15) is 25.5 Å². The molecule has 1 aromatic rings. The smallest absolute Gasteiger partial charge is 0.239 e. The van der Waals surface area contributed by atoms with Gasteiger partial charge in [0.25, 0.3) is 0 Å². The van der Waals surface area contributed by atoms with E-state index in [2.05, 4.69) is 0 Å². The molecular formula is C13H20N2O2. The number of likely N-dealkylation sites (N-methyl/N-ethyl adjacent to an activating group) is 1. The number of aliphatic hydroxyl groups is 1. The van der Waals surface area contributed by atoms with Crippen molar-refractivity contribution in [1.29, 1.82) is 0 Å². The number of rotatable bonds is 4. The molecule has 0 saturated heterocycles. The summed E-state index contributed by atoms with van der Waals surface area (Å²) in [6, 6.07) is 8.42. The molecule has 94 valence electrons. The van der Waals surface area contributed by atoms with Crippen LogP contribution in [0, 0.1) is 0 Å². The monoisotopic (exact) mass is 236 g/mol. The minimum atomic E-state index is -0.705. The van der Waals surface area contributed by atoms with Crippen LogP contribution >= 0.6 is 0 Å². The standard InChI is InChI=1S/C13H20N2O2/c1-9(14)13(17)15(3)10(2)12(16)11-7-5-4-6-8-11/h4-10,12,16H,14H2,1-3H3/t9-,10+,12-/m0/s1. The predicted octanol–water partition coefficient (Wildman–Crippen LogP) is 0.914. The van der Waals surface area contributed by atoms with Crippen molar-refractivity contribution in [3.63, 3.8) is 0 Å². The molecule has 0 fully saturated rings. The highest BCUT2D eigenvalue weighted by molar-refractivity contribution is 5.81. The Morgan fingerprint density at radius 1 is 1.29 bits per heavy atom. The molecule has 3 atom stereocenters. The van der Waals surface area contributed by atoms with Gasteiger partial charge >= 0.3 is 0 Å². The van der Waals surface area contributed by atoms with E-state index < -0.39 is 12.1 Å². The third-order valence-corrected chi connectivity index (χ3v) is 2.95. The van der Waals surface area contributed by atoms with Crippen molar-refractivity contribution < 1.29 is 9.90 Å². The van der Waals surface area contributed by atoms with Gasteiger partial charge in [-0.3, -0.25) is 4.79 Å². The highest BCUT2D eigenvalue weighted by atomic mass is 16.3. The molecule has 3 N–H and O–H groups in total. The van der Waals surface area contributed by atoms with E-state index in [1.54, 1.807) is 20.9 Å². The molecule has 0 bridgehead atoms. The Kier molecular flexibility index (Phi) is 4.66. The van der Waals surface area contributed by atoms with Gasteiger partial charge in [-0.25, -0.2) is 0 Å². The molecule has 0 radical (unpaired) electrons. The number of aliphatic hydroxyl groups excluding tert-OH is 1. The first-order valence-electron chi connectivity index (χ1n) is 5.70. The summed E-state index contributed by atoms with van der Waals surface area (Å²) < 4.78 is 0. The van der Waals surface area contributed by atoms with Crippen LogP contribution in [0.4, 0.5) is 0 Å². The molecule has 4 nitrogen and oxygen atoms in total. The molecular weight excluding hydrogens is 216 g/mol. The minimum Gasteiger partial charge on any atom is -0.386 e. The first kappa shape index (κ1) is 13.7. The topological polar surface area (TPSA) is 66.6 Å². The van der Waals surface area contributed by atoms with Gasteiger partial charge in [-0.15, -0.1) is 0 Å². The van der Waals surface area contributed by atoms with Crippen LogP contribution in [-0.4, -0.2) is 35.0 Å². The van der Waals surface area contributed by atoms with Crippen LogP contribution < -0.4 is 5.73 Å². The zero-order valence-corrected chi connectivity index (χ0v) is 10.5. The maximum Gasteiger partial charge on any atom is 0.239 e. The Hall–Kier alpha value is -1.39. The van der Waals surface area contributed by atoms with Crippen molar-refractivity contribution in [2.45, 2.75) is 32.0 Å². The number of nitrogens with zero attached hydrogens (tertiary/aromatic N) is 1. The van der Waals surface area contributed by atoms with Crippen molar-refractivity contribution >= 4 is 5.91 Å². The number of nitrogens with two attached hydrogens (primary N) is 1. The summed E-state index contributed by atoms with van der Waals surface area (Å²) in [6.45, 7) is 3.44. The molecule has 1 aromatic carbocycles. The second-order valence-corrected chi connectivity index (χ2v) is 4.33. The van der Waals surface area contributed by atoms with Gasteiger partial charge in [0.1, 0.15) is 0 Å². The first-order valence-corrected chi connectivity index (χ1v) is 5.70. The molecule has 0 aromatic heterocycles. The maximum atomic E-state index is 11.7. The van der Waals surface area contributed by atoms with Crippen molar-refractivity contribution in [1.82, 2.24) is 4.90 Å². The Bertz CT molecular complexity index is 365. The van der Waals surface area contributed by atoms with Gasteiger partial charge in [0.05, 0.1) is 18.2 Å². The highest BCUT2D eigenvalue weighted by Crippen LogP contribution is 2.19. The Morgan fingerprint density at radius 3 is 2.29 bits per heavy atom. The van der Waals surface area contributed by atoms with Gasteiger partial charge < -0.3 is 15.7 Å². The molecule has 0 aliphatic heterocycles. The average molecular weight is 236 g/mol. The largest absolute Gasteiger partial charge is 0.386 e. The lowest BCUT2D eigenvalue weighted by molar-refractivity contribution is -0.134. The highest BCUT2D eigenvalue weighted by Gasteiger charge is 2.25. The second kappa shape index (κ2) is 5.80. The number of amides is 1. The minimum absolute atomic E-state index is 0.174. The second-order valence-electron chi connectivity index (χ2n) is 4.33. The normalized spacial score (nSPS) is 16.1. The summed E-state index contributed by atoms with van der Waals surface area (Å²) in [5.74, 6) is -0.174. The van der Waals surface area contributed by atoms with Crippen molar-refractivity contribution in [3.8, 4) is 0 Å². The van der Waals surface area contributed by atoms with E-state index in [9.17, 15) is 9.90 Å². The third kappa shape index (κ3) is 3.28. The molecule has 1 amide bonds. The summed E-state index contributed by atoms with van der Waals surface area (Å²) in [5.41, 5.74) is 6.34. The number of hydrogen-bond donors (Lipinski definition) is 2. The Labute approximate surface area is 102 Å². The fourth-order valence-electron chi connectivity index (χ4n) is 1.66. The molecule has 0 heterocycles. The van der Waals surface area contributed by atoms with Crippen LogP contribution in [0.5, 0.6) is 0 Å². The molecule has 0 aliphatic carbocycles. The lowest BCUT2D eigenvalue weighted by Gasteiger charge is -2.30. The summed E-state index contributed by atoms with van der Waals surface area (Å²) in [7, 11) is 1.66. The van der Waals surface area contributed by atoms with E-state index in [1.165, 1.54) is 4.90 Å². The molecule has 17 heavy (non-hydrogen) atoms. The number of carbonyl (C=O) groups excluding carboxylic acids is 1. The van der Waals surface area contributed by atoms with Crippen LogP contribution in [0.25, 0.3) is 0 Å². The summed E-state index contributed by atoms with van der Waals surface area (Å²) in [4.78, 5) is 13.2. The molecule has 0 spiro atoms. The molecule has 0 aliphatic rings. The number of hydrogen-bond acceptors (Lipinski definition) is 3. The quantitative estimate of drug-likeness (QED) is 0.816. The van der Waals surface area contributed by atoms with Gasteiger partial charge in [0.15, 0.2) is 0 Å². The fraction of sp³-hybridized carbons (Fsp3) is 0.462. The van der Waals surface area contributed by atoms with Gasteiger partial charge in [0.2, 0.25) is 5.91 Å². The molecule has 1 rings (SSSR count). The van der Waals surface area contributed by atoms with E-state index in [0.29, 0.717) is 0 Å². The predicted molar refractivity (Wildman–Crippen MR) is 67.3 cm³/mol. The van der Waals surface area contributed by atoms with Gasteiger partial charge in [0, 0.05) is 7.05 Å². The van der Waals surface area contributed by atoms with Gasteiger partial charge in [-0.1, -0.05) is 30.3 Å². The molecule has 0 unspecified atom stereocenters. The van der Waals surface area contributed by atoms with Crippen LogP contribution in [0.2, 0.25) is 0 Å². The molecule has 0 saturated carbocycles. The van der Waals surface area contributed by atoms with Crippen LogP contribution in [0.15, 0.2) is 30.3 Å². The first-order chi connectivity index (χ1) is 7.95. The fourth-order valence-corrected chi connectivity index (χ4v) is 1.66.